The summed E-state index contributed by atoms with van der Waals surface area (Å²) in [6, 6.07) is 0. The Kier molecular flexibility index (Phi) is 5.30. The van der Waals surface area contributed by atoms with Crippen LogP contribution in [0.25, 0.3) is 0 Å². The van der Waals surface area contributed by atoms with Gasteiger partial charge in [-0.3, -0.25) is 0 Å². The molecule has 1 heterocycles. The van der Waals surface area contributed by atoms with Crippen LogP contribution in [-0.4, -0.2) is 38.8 Å². The Balaban J connectivity index is 1.80. The zero-order chi connectivity index (χ0) is 13.0. The molecule has 2 fully saturated rings. The van der Waals surface area contributed by atoms with Gasteiger partial charge in [0.15, 0.2) is 0 Å². The van der Waals surface area contributed by atoms with Gasteiger partial charge in [-0.1, -0.05) is 6.42 Å². The molecule has 6 heteroatoms. The van der Waals surface area contributed by atoms with Crippen molar-refractivity contribution in [2.24, 2.45) is 5.92 Å². The van der Waals surface area contributed by atoms with Gasteiger partial charge in [0.2, 0.25) is 10.0 Å². The maximum absolute atomic E-state index is 12.1. The van der Waals surface area contributed by atoms with E-state index < -0.39 is 10.0 Å². The summed E-state index contributed by atoms with van der Waals surface area (Å²) in [6.45, 7) is 1.65. The molecular weight excluding hydrogens is 274 g/mol. The first-order chi connectivity index (χ1) is 8.58. The first-order valence-corrected chi connectivity index (χ1v) is 8.76. The minimum atomic E-state index is -3.17. The molecule has 1 aliphatic heterocycles. The number of hydrogen-bond donors (Lipinski definition) is 1. The van der Waals surface area contributed by atoms with E-state index in [2.05, 4.69) is 4.72 Å². The molecule has 2 rings (SSSR count). The third kappa shape index (κ3) is 4.08. The number of nitrogens with one attached hydrogen (secondary N) is 1. The van der Waals surface area contributed by atoms with Crippen molar-refractivity contribution in [1.29, 1.82) is 0 Å². The van der Waals surface area contributed by atoms with Crippen LogP contribution in [0.4, 0.5) is 0 Å². The second kappa shape index (κ2) is 6.55. The lowest BCUT2D eigenvalue weighted by molar-refractivity contribution is 0.0981. The molecule has 4 nitrogen and oxygen atoms in total. The molecule has 0 radical (unpaired) electrons. The van der Waals surface area contributed by atoms with Crippen LogP contribution < -0.4 is 4.72 Å². The molecule has 2 atom stereocenters. The normalized spacial score (nSPS) is 31.4. The van der Waals surface area contributed by atoms with Crippen LogP contribution in [0, 0.1) is 5.92 Å². The fourth-order valence-electron chi connectivity index (χ4n) is 2.75. The van der Waals surface area contributed by atoms with Crippen molar-refractivity contribution in [3.8, 4) is 0 Å². The summed E-state index contributed by atoms with van der Waals surface area (Å²) in [5, 5.41) is -0.0574. The molecule has 1 N–H and O–H groups in total. The molecule has 106 valence electrons. The van der Waals surface area contributed by atoms with E-state index in [9.17, 15) is 8.42 Å². The van der Waals surface area contributed by atoms with Gasteiger partial charge in [-0.25, -0.2) is 13.1 Å². The number of sulfonamides is 1. The van der Waals surface area contributed by atoms with E-state index in [4.69, 9.17) is 16.3 Å². The lowest BCUT2D eigenvalue weighted by Gasteiger charge is -2.27. The van der Waals surface area contributed by atoms with Gasteiger partial charge in [-0.2, -0.15) is 0 Å². The monoisotopic (exact) mass is 295 g/mol. The molecule has 18 heavy (non-hydrogen) atoms. The Morgan fingerprint density at radius 3 is 2.56 bits per heavy atom. The number of halogens is 1. The van der Waals surface area contributed by atoms with Crippen LogP contribution in [0.15, 0.2) is 0 Å². The smallest absolute Gasteiger partial charge is 0.214 e. The molecule has 1 aliphatic carbocycles. The summed E-state index contributed by atoms with van der Waals surface area (Å²) < 4.78 is 32.2. The summed E-state index contributed by atoms with van der Waals surface area (Å²) in [6.07, 6.45) is 5.40. The number of ether oxygens (including phenoxy) is 1. The van der Waals surface area contributed by atoms with Gasteiger partial charge in [0.1, 0.15) is 0 Å². The van der Waals surface area contributed by atoms with E-state index in [0.717, 1.165) is 25.7 Å². The minimum absolute atomic E-state index is 0.219. The van der Waals surface area contributed by atoms with Crippen molar-refractivity contribution in [3.63, 3.8) is 0 Å². The van der Waals surface area contributed by atoms with Crippen LogP contribution in [0.3, 0.4) is 0 Å². The zero-order valence-electron chi connectivity index (χ0n) is 10.6. The van der Waals surface area contributed by atoms with Gasteiger partial charge in [0, 0.05) is 25.1 Å². The van der Waals surface area contributed by atoms with Gasteiger partial charge < -0.3 is 4.74 Å². The van der Waals surface area contributed by atoms with Gasteiger partial charge in [0.05, 0.1) is 5.25 Å². The first-order valence-electron chi connectivity index (χ1n) is 6.78. The van der Waals surface area contributed by atoms with Gasteiger partial charge in [0.25, 0.3) is 0 Å². The number of hydrogen-bond acceptors (Lipinski definition) is 3. The molecule has 2 unspecified atom stereocenters. The van der Waals surface area contributed by atoms with E-state index >= 15 is 0 Å². The Morgan fingerprint density at radius 2 is 1.89 bits per heavy atom. The highest BCUT2D eigenvalue weighted by atomic mass is 35.5. The molecule has 1 saturated carbocycles. The predicted molar refractivity (Wildman–Crippen MR) is 72.4 cm³/mol. The van der Waals surface area contributed by atoms with Gasteiger partial charge >= 0.3 is 0 Å². The second-order valence-corrected chi connectivity index (χ2v) is 8.00. The van der Waals surface area contributed by atoms with Crippen LogP contribution in [0.2, 0.25) is 0 Å². The van der Waals surface area contributed by atoms with E-state index in [1.54, 1.807) is 0 Å². The Labute approximate surface area is 114 Å². The molecule has 0 aromatic carbocycles. The molecule has 0 aromatic rings. The standard InChI is InChI=1S/C12H22ClNO3S/c13-11-3-1-2-10(8-11)9-14-18(15,16)12-4-6-17-7-5-12/h10-12,14H,1-9H2. The Hall–Kier alpha value is 0.160. The van der Waals surface area contributed by atoms with Crippen molar-refractivity contribution < 1.29 is 13.2 Å². The quantitative estimate of drug-likeness (QED) is 0.806. The second-order valence-electron chi connectivity index (χ2n) is 5.34. The molecular formula is C12H22ClNO3S. The molecule has 0 amide bonds. The third-order valence-corrected chi connectivity index (χ3v) is 6.21. The molecule has 0 bridgehead atoms. The topological polar surface area (TPSA) is 55.4 Å². The maximum atomic E-state index is 12.1. The highest BCUT2D eigenvalue weighted by molar-refractivity contribution is 7.90. The largest absolute Gasteiger partial charge is 0.381 e. The van der Waals surface area contributed by atoms with E-state index in [1.807, 2.05) is 0 Å². The van der Waals surface area contributed by atoms with Crippen molar-refractivity contribution >= 4 is 21.6 Å². The number of alkyl halides is 1. The minimum Gasteiger partial charge on any atom is -0.381 e. The summed E-state index contributed by atoms with van der Waals surface area (Å²) in [5.41, 5.74) is 0. The molecule has 0 aromatic heterocycles. The zero-order valence-corrected chi connectivity index (χ0v) is 12.2. The van der Waals surface area contributed by atoms with Crippen LogP contribution in [-0.2, 0) is 14.8 Å². The van der Waals surface area contributed by atoms with Crippen LogP contribution in [0.1, 0.15) is 38.5 Å². The fourth-order valence-corrected chi connectivity index (χ4v) is 4.67. The summed E-state index contributed by atoms with van der Waals surface area (Å²) in [4.78, 5) is 0. The van der Waals surface area contributed by atoms with Crippen LogP contribution in [0.5, 0.6) is 0 Å². The molecule has 2 aliphatic rings. The van der Waals surface area contributed by atoms with Gasteiger partial charge in [-0.05, 0) is 38.0 Å². The Morgan fingerprint density at radius 1 is 1.17 bits per heavy atom. The van der Waals surface area contributed by atoms with E-state index in [0.29, 0.717) is 38.5 Å². The fraction of sp³-hybridized carbons (Fsp3) is 1.00. The number of rotatable bonds is 4. The lowest BCUT2D eigenvalue weighted by atomic mass is 9.89. The molecule has 0 spiro atoms. The first kappa shape index (κ1) is 14.6. The van der Waals surface area contributed by atoms with Gasteiger partial charge in [-0.15, -0.1) is 11.6 Å². The molecule has 1 saturated heterocycles. The van der Waals surface area contributed by atoms with Crippen LogP contribution >= 0.6 is 11.6 Å². The predicted octanol–water partition coefficient (Wildman–Crippen LogP) is 1.88. The van der Waals surface area contributed by atoms with Crippen molar-refractivity contribution in [3.05, 3.63) is 0 Å². The average molecular weight is 296 g/mol. The van der Waals surface area contributed by atoms with Crippen molar-refractivity contribution in [2.45, 2.75) is 49.2 Å². The Bertz CT molecular complexity index is 354. The average Bonchev–Trinajstić information content (AvgIpc) is 2.38. The maximum Gasteiger partial charge on any atom is 0.214 e. The van der Waals surface area contributed by atoms with Crippen molar-refractivity contribution in [2.75, 3.05) is 19.8 Å². The van der Waals surface area contributed by atoms with Crippen molar-refractivity contribution in [1.82, 2.24) is 4.72 Å². The summed E-state index contributed by atoms with van der Waals surface area (Å²) in [7, 11) is -3.17. The third-order valence-electron chi connectivity index (χ3n) is 3.90. The highest BCUT2D eigenvalue weighted by Crippen LogP contribution is 2.27. The van der Waals surface area contributed by atoms with E-state index in [1.165, 1.54) is 0 Å². The SMILES string of the molecule is O=S(=O)(NCC1CCCC(Cl)C1)C1CCOCC1. The summed E-state index contributed by atoms with van der Waals surface area (Å²) in [5.74, 6) is 0.399. The summed E-state index contributed by atoms with van der Waals surface area (Å²) >= 11 is 6.12. The lowest BCUT2D eigenvalue weighted by Crippen LogP contribution is -2.40. The highest BCUT2D eigenvalue weighted by Gasteiger charge is 2.29. The van der Waals surface area contributed by atoms with E-state index in [-0.39, 0.29) is 10.6 Å².